The predicted molar refractivity (Wildman–Crippen MR) is 48.8 cm³/mol. The third-order valence-electron chi connectivity index (χ3n) is 1.54. The molecule has 0 aliphatic carbocycles. The highest BCUT2D eigenvalue weighted by atomic mass is 16.5. The SMILES string of the molecule is COCC(C)(C)NC(C)CC#N. The number of hydrogen-bond acceptors (Lipinski definition) is 3. The molecule has 1 unspecified atom stereocenters. The summed E-state index contributed by atoms with van der Waals surface area (Å²) in [4.78, 5) is 0. The summed E-state index contributed by atoms with van der Waals surface area (Å²) in [5, 5.41) is 11.8. The predicted octanol–water partition coefficient (Wildman–Crippen LogP) is 1.30. The van der Waals surface area contributed by atoms with Gasteiger partial charge in [0, 0.05) is 18.7 Å². The zero-order chi connectivity index (χ0) is 9.61. The highest BCUT2D eigenvalue weighted by Crippen LogP contribution is 2.04. The molecule has 1 atom stereocenters. The van der Waals surface area contributed by atoms with Crippen LogP contribution in [-0.4, -0.2) is 25.3 Å². The summed E-state index contributed by atoms with van der Waals surface area (Å²) in [7, 11) is 1.68. The van der Waals surface area contributed by atoms with Crippen LogP contribution in [0.3, 0.4) is 0 Å². The van der Waals surface area contributed by atoms with E-state index in [1.54, 1.807) is 7.11 Å². The maximum atomic E-state index is 8.44. The first-order chi connectivity index (χ1) is 5.52. The minimum atomic E-state index is -0.0506. The molecule has 0 heterocycles. The Morgan fingerprint density at radius 3 is 2.58 bits per heavy atom. The summed E-state index contributed by atoms with van der Waals surface area (Å²) >= 11 is 0. The molecule has 0 aromatic carbocycles. The quantitative estimate of drug-likeness (QED) is 0.676. The monoisotopic (exact) mass is 170 g/mol. The molecule has 0 aromatic rings. The van der Waals surface area contributed by atoms with Crippen molar-refractivity contribution >= 4 is 0 Å². The van der Waals surface area contributed by atoms with Gasteiger partial charge in [0.05, 0.1) is 19.1 Å². The van der Waals surface area contributed by atoms with Gasteiger partial charge in [-0.1, -0.05) is 0 Å². The van der Waals surface area contributed by atoms with E-state index < -0.39 is 0 Å². The van der Waals surface area contributed by atoms with Crippen LogP contribution in [-0.2, 0) is 4.74 Å². The van der Waals surface area contributed by atoms with E-state index in [0.29, 0.717) is 13.0 Å². The molecule has 0 fully saturated rings. The Morgan fingerprint density at radius 1 is 1.58 bits per heavy atom. The van der Waals surface area contributed by atoms with Gasteiger partial charge < -0.3 is 10.1 Å². The van der Waals surface area contributed by atoms with Crippen molar-refractivity contribution in [3.63, 3.8) is 0 Å². The molecule has 70 valence electrons. The second-order valence-corrected chi connectivity index (χ2v) is 3.72. The maximum Gasteiger partial charge on any atom is 0.0639 e. The van der Waals surface area contributed by atoms with Gasteiger partial charge in [-0.05, 0) is 20.8 Å². The van der Waals surface area contributed by atoms with Crippen molar-refractivity contribution in [3.8, 4) is 6.07 Å². The summed E-state index contributed by atoms with van der Waals surface area (Å²) in [5.41, 5.74) is -0.0506. The first-order valence-electron chi connectivity index (χ1n) is 4.15. The van der Waals surface area contributed by atoms with E-state index in [0.717, 1.165) is 0 Å². The van der Waals surface area contributed by atoms with Crippen LogP contribution >= 0.6 is 0 Å². The lowest BCUT2D eigenvalue weighted by molar-refractivity contribution is 0.122. The largest absolute Gasteiger partial charge is 0.383 e. The fourth-order valence-corrected chi connectivity index (χ4v) is 1.26. The highest BCUT2D eigenvalue weighted by molar-refractivity contribution is 4.85. The molecule has 0 rings (SSSR count). The van der Waals surface area contributed by atoms with E-state index in [1.165, 1.54) is 0 Å². The molecule has 1 N–H and O–H groups in total. The van der Waals surface area contributed by atoms with Crippen molar-refractivity contribution in [2.75, 3.05) is 13.7 Å². The second-order valence-electron chi connectivity index (χ2n) is 3.72. The average molecular weight is 170 g/mol. The Labute approximate surface area is 74.7 Å². The van der Waals surface area contributed by atoms with Gasteiger partial charge in [0.2, 0.25) is 0 Å². The van der Waals surface area contributed by atoms with E-state index in [9.17, 15) is 0 Å². The molecule has 0 spiro atoms. The molecule has 12 heavy (non-hydrogen) atoms. The smallest absolute Gasteiger partial charge is 0.0639 e. The summed E-state index contributed by atoms with van der Waals surface area (Å²) in [6.07, 6.45) is 0.535. The van der Waals surface area contributed by atoms with Crippen LogP contribution in [0.1, 0.15) is 27.2 Å². The minimum Gasteiger partial charge on any atom is -0.383 e. The number of nitrogens with zero attached hydrogens (tertiary/aromatic N) is 1. The van der Waals surface area contributed by atoms with Crippen LogP contribution in [0.4, 0.5) is 0 Å². The first kappa shape index (κ1) is 11.4. The van der Waals surface area contributed by atoms with Crippen LogP contribution < -0.4 is 5.32 Å². The van der Waals surface area contributed by atoms with E-state index in [1.807, 2.05) is 6.92 Å². The zero-order valence-corrected chi connectivity index (χ0v) is 8.35. The third-order valence-corrected chi connectivity index (χ3v) is 1.54. The van der Waals surface area contributed by atoms with Gasteiger partial charge in [0.15, 0.2) is 0 Å². The van der Waals surface area contributed by atoms with Gasteiger partial charge in [-0.3, -0.25) is 0 Å². The number of methoxy groups -OCH3 is 1. The van der Waals surface area contributed by atoms with Crippen molar-refractivity contribution in [1.29, 1.82) is 5.26 Å². The van der Waals surface area contributed by atoms with Gasteiger partial charge in [0.25, 0.3) is 0 Å². The highest BCUT2D eigenvalue weighted by Gasteiger charge is 2.19. The Bertz CT molecular complexity index is 160. The lowest BCUT2D eigenvalue weighted by Crippen LogP contribution is -2.47. The minimum absolute atomic E-state index is 0.0506. The van der Waals surface area contributed by atoms with Gasteiger partial charge in [-0.15, -0.1) is 0 Å². The zero-order valence-electron chi connectivity index (χ0n) is 8.35. The summed E-state index contributed by atoms with van der Waals surface area (Å²) in [5.74, 6) is 0. The summed E-state index contributed by atoms with van der Waals surface area (Å²) in [6.45, 7) is 6.78. The summed E-state index contributed by atoms with van der Waals surface area (Å²) < 4.78 is 5.04. The van der Waals surface area contributed by atoms with E-state index >= 15 is 0 Å². The lowest BCUT2D eigenvalue weighted by atomic mass is 10.1. The van der Waals surface area contributed by atoms with Crippen molar-refractivity contribution in [3.05, 3.63) is 0 Å². The van der Waals surface area contributed by atoms with Crippen molar-refractivity contribution in [1.82, 2.24) is 5.32 Å². The normalized spacial score (nSPS) is 13.9. The molecular formula is C9H18N2O. The Morgan fingerprint density at radius 2 is 2.17 bits per heavy atom. The molecule has 0 saturated carbocycles. The van der Waals surface area contributed by atoms with Crippen molar-refractivity contribution < 1.29 is 4.74 Å². The standard InChI is InChI=1S/C9H18N2O/c1-8(5-6-10)11-9(2,3)7-12-4/h8,11H,5,7H2,1-4H3. The maximum absolute atomic E-state index is 8.44. The molecule has 0 radical (unpaired) electrons. The average Bonchev–Trinajstić information content (AvgIpc) is 1.85. The molecule has 0 aliphatic rings. The van der Waals surface area contributed by atoms with Crippen LogP contribution in [0.15, 0.2) is 0 Å². The van der Waals surface area contributed by atoms with Crippen LogP contribution in [0.25, 0.3) is 0 Å². The molecule has 0 bridgehead atoms. The Hall–Kier alpha value is -0.590. The molecule has 0 aliphatic heterocycles. The van der Waals surface area contributed by atoms with Crippen molar-refractivity contribution in [2.45, 2.75) is 38.8 Å². The second kappa shape index (κ2) is 5.13. The lowest BCUT2D eigenvalue weighted by Gasteiger charge is -2.28. The number of ether oxygens (including phenoxy) is 1. The molecule has 0 aromatic heterocycles. The third kappa shape index (κ3) is 5.11. The van der Waals surface area contributed by atoms with Gasteiger partial charge in [-0.2, -0.15) is 5.26 Å². The van der Waals surface area contributed by atoms with E-state index in [4.69, 9.17) is 10.00 Å². The molecule has 3 nitrogen and oxygen atoms in total. The molecule has 3 heteroatoms. The first-order valence-corrected chi connectivity index (χ1v) is 4.15. The number of nitriles is 1. The fourth-order valence-electron chi connectivity index (χ4n) is 1.26. The van der Waals surface area contributed by atoms with Gasteiger partial charge in [0.1, 0.15) is 0 Å². The Balaban J connectivity index is 3.80. The molecule has 0 saturated heterocycles. The number of hydrogen-bond donors (Lipinski definition) is 1. The van der Waals surface area contributed by atoms with Crippen LogP contribution in [0, 0.1) is 11.3 Å². The summed E-state index contributed by atoms with van der Waals surface area (Å²) in [6, 6.07) is 2.35. The molecular weight excluding hydrogens is 152 g/mol. The van der Waals surface area contributed by atoms with E-state index in [2.05, 4.69) is 25.2 Å². The van der Waals surface area contributed by atoms with Crippen molar-refractivity contribution in [2.24, 2.45) is 0 Å². The number of rotatable bonds is 5. The fraction of sp³-hybridized carbons (Fsp3) is 0.889. The Kier molecular flexibility index (Phi) is 4.87. The van der Waals surface area contributed by atoms with Crippen LogP contribution in [0.2, 0.25) is 0 Å². The number of nitrogens with one attached hydrogen (secondary N) is 1. The van der Waals surface area contributed by atoms with Crippen LogP contribution in [0.5, 0.6) is 0 Å². The topological polar surface area (TPSA) is 45.0 Å². The van der Waals surface area contributed by atoms with Gasteiger partial charge in [-0.25, -0.2) is 0 Å². The van der Waals surface area contributed by atoms with E-state index in [-0.39, 0.29) is 11.6 Å². The molecule has 0 amide bonds. The van der Waals surface area contributed by atoms with Gasteiger partial charge >= 0.3 is 0 Å².